The van der Waals surface area contributed by atoms with E-state index in [4.69, 9.17) is 0 Å². The Labute approximate surface area is 71.6 Å². The lowest BCUT2D eigenvalue weighted by Gasteiger charge is -2.01. The van der Waals surface area contributed by atoms with Gasteiger partial charge < -0.3 is 5.43 Å². The van der Waals surface area contributed by atoms with E-state index in [1.165, 1.54) is 11.8 Å². The fourth-order valence-electron chi connectivity index (χ4n) is 0.387. The third-order valence-corrected chi connectivity index (χ3v) is 1.41. The second-order valence-corrected chi connectivity index (χ2v) is 2.61. The van der Waals surface area contributed by atoms with Gasteiger partial charge in [-0.3, -0.25) is 4.99 Å². The van der Waals surface area contributed by atoms with E-state index in [9.17, 15) is 0 Å². The van der Waals surface area contributed by atoms with Crippen LogP contribution in [0.15, 0.2) is 29.3 Å². The quantitative estimate of drug-likeness (QED) is 0.272. The largest absolute Gasteiger partial charge is 0.316 e. The minimum Gasteiger partial charge on any atom is -0.316 e. The van der Waals surface area contributed by atoms with Gasteiger partial charge in [-0.25, -0.2) is 5.43 Å². The Kier molecular flexibility index (Phi) is 6.87. The van der Waals surface area contributed by atoms with E-state index < -0.39 is 0 Å². The second kappa shape index (κ2) is 7.37. The average Bonchev–Trinajstić information content (AvgIpc) is 1.99. The van der Waals surface area contributed by atoms with Gasteiger partial charge in [-0.1, -0.05) is 24.4 Å². The van der Waals surface area contributed by atoms with E-state index in [2.05, 4.69) is 29.0 Å². The molecule has 0 radical (unpaired) electrons. The molecular formula is C7H13N3S. The summed E-state index contributed by atoms with van der Waals surface area (Å²) in [6, 6.07) is 0. The highest BCUT2D eigenvalue weighted by atomic mass is 32.2. The summed E-state index contributed by atoms with van der Waals surface area (Å²) in [5.74, 6) is 0. The van der Waals surface area contributed by atoms with E-state index in [1.54, 1.807) is 18.7 Å². The smallest absolute Gasteiger partial charge is 0.0808 e. The van der Waals surface area contributed by atoms with Gasteiger partial charge in [0.15, 0.2) is 0 Å². The first-order valence-corrected chi connectivity index (χ1v) is 4.06. The summed E-state index contributed by atoms with van der Waals surface area (Å²) in [6.45, 7) is 7.91. The average molecular weight is 171 g/mol. The molecule has 11 heavy (non-hydrogen) atoms. The van der Waals surface area contributed by atoms with Crippen molar-refractivity contribution in [2.75, 3.05) is 13.6 Å². The van der Waals surface area contributed by atoms with Crippen molar-refractivity contribution in [1.82, 2.24) is 10.9 Å². The summed E-state index contributed by atoms with van der Waals surface area (Å²) in [5, 5.41) is 0.820. The minimum atomic E-state index is 0.653. The van der Waals surface area contributed by atoms with Gasteiger partial charge in [-0.15, -0.1) is 6.58 Å². The number of nitrogens with one attached hydrogen (secondary N) is 2. The van der Waals surface area contributed by atoms with Crippen LogP contribution < -0.4 is 10.9 Å². The third-order valence-electron chi connectivity index (χ3n) is 0.768. The van der Waals surface area contributed by atoms with Crippen molar-refractivity contribution in [3.8, 4) is 0 Å². The van der Waals surface area contributed by atoms with Crippen LogP contribution in [-0.2, 0) is 0 Å². The molecule has 0 rings (SSSR count). The summed E-state index contributed by atoms with van der Waals surface area (Å²) in [6.07, 6.45) is 1.74. The van der Waals surface area contributed by atoms with Crippen LogP contribution in [0, 0.1) is 0 Å². The molecule has 4 heteroatoms. The van der Waals surface area contributed by atoms with Gasteiger partial charge in [0.2, 0.25) is 0 Å². The second-order valence-electron chi connectivity index (χ2n) is 1.68. The number of hydrogen-bond donors (Lipinski definition) is 2. The Morgan fingerprint density at radius 1 is 1.73 bits per heavy atom. The van der Waals surface area contributed by atoms with Crippen molar-refractivity contribution in [2.24, 2.45) is 4.99 Å². The molecule has 0 atom stereocenters. The number of nitrogens with zero attached hydrogens (tertiary/aromatic N) is 1. The zero-order valence-electron chi connectivity index (χ0n) is 6.63. The number of aliphatic imine (C=N–C) groups is 1. The summed E-state index contributed by atoms with van der Waals surface area (Å²) < 4.78 is 0. The molecule has 0 fully saturated rings. The Morgan fingerprint density at radius 2 is 2.45 bits per heavy atom. The highest BCUT2D eigenvalue weighted by Crippen LogP contribution is 2.03. The molecule has 2 N–H and O–H groups in total. The summed E-state index contributed by atoms with van der Waals surface area (Å²) in [5.41, 5.74) is 7.31. The number of hydrazine groups is 1. The Balaban J connectivity index is 3.36. The number of thioether (sulfide) groups is 1. The minimum absolute atomic E-state index is 0.653. The number of hydrogen-bond acceptors (Lipinski definition) is 4. The van der Waals surface area contributed by atoms with E-state index >= 15 is 0 Å². The van der Waals surface area contributed by atoms with E-state index in [0.717, 1.165) is 5.03 Å². The summed E-state index contributed by atoms with van der Waals surface area (Å²) in [4.78, 5) is 4.00. The van der Waals surface area contributed by atoms with Gasteiger partial charge >= 0.3 is 0 Å². The van der Waals surface area contributed by atoms with Gasteiger partial charge in [0.1, 0.15) is 0 Å². The van der Waals surface area contributed by atoms with Crippen LogP contribution in [0.5, 0.6) is 0 Å². The molecular weight excluding hydrogens is 158 g/mol. The predicted molar refractivity (Wildman–Crippen MR) is 52.5 cm³/mol. The summed E-state index contributed by atoms with van der Waals surface area (Å²) >= 11 is 1.43. The maximum atomic E-state index is 4.00. The van der Waals surface area contributed by atoms with Crippen LogP contribution in [0.3, 0.4) is 0 Å². The fourth-order valence-corrected chi connectivity index (χ4v) is 0.836. The van der Waals surface area contributed by atoms with Crippen LogP contribution in [0.2, 0.25) is 0 Å². The molecule has 0 spiro atoms. The molecule has 3 nitrogen and oxygen atoms in total. The summed E-state index contributed by atoms with van der Waals surface area (Å²) in [7, 11) is 1.78. The van der Waals surface area contributed by atoms with Crippen molar-refractivity contribution in [3.63, 3.8) is 0 Å². The predicted octanol–water partition coefficient (Wildman–Crippen LogP) is 1.13. The monoisotopic (exact) mass is 171 g/mol. The van der Waals surface area contributed by atoms with E-state index in [-0.39, 0.29) is 0 Å². The molecule has 0 bridgehead atoms. The molecule has 0 saturated carbocycles. The molecule has 0 aliphatic carbocycles. The van der Waals surface area contributed by atoms with Crippen LogP contribution in [0.1, 0.15) is 0 Å². The lowest BCUT2D eigenvalue weighted by atomic mass is 10.7. The molecule has 0 aliphatic heterocycles. The highest BCUT2D eigenvalue weighted by molar-refractivity contribution is 8.15. The molecule has 0 amide bonds. The Hall–Kier alpha value is -0.740. The van der Waals surface area contributed by atoms with Crippen molar-refractivity contribution in [2.45, 2.75) is 0 Å². The Bertz CT molecular complexity index is 154. The highest BCUT2D eigenvalue weighted by Gasteiger charge is 1.85. The Morgan fingerprint density at radius 3 is 3.00 bits per heavy atom. The van der Waals surface area contributed by atoms with Crippen molar-refractivity contribution >= 4 is 17.3 Å². The van der Waals surface area contributed by atoms with Gasteiger partial charge in [0, 0.05) is 7.05 Å². The molecule has 0 heterocycles. The zero-order chi connectivity index (χ0) is 8.53. The lowest BCUT2D eigenvalue weighted by Crippen LogP contribution is -2.24. The standard InChI is InChI=1S/C7H13N3S/c1-4-5-9-6-11-7(2)10-8-3/h4,6,8,10H,1-2,5H2,3H3/b9-6-. The number of rotatable bonds is 6. The van der Waals surface area contributed by atoms with E-state index in [1.807, 2.05) is 0 Å². The molecule has 62 valence electrons. The van der Waals surface area contributed by atoms with Crippen LogP contribution in [-0.4, -0.2) is 19.1 Å². The fraction of sp³-hybridized carbons (Fsp3) is 0.286. The lowest BCUT2D eigenvalue weighted by molar-refractivity contribution is 0.723. The molecule has 0 saturated heterocycles. The van der Waals surface area contributed by atoms with Crippen LogP contribution in [0.25, 0.3) is 0 Å². The van der Waals surface area contributed by atoms with Crippen LogP contribution in [0.4, 0.5) is 0 Å². The molecule has 0 aromatic rings. The van der Waals surface area contributed by atoms with Crippen LogP contribution >= 0.6 is 11.8 Å². The molecule has 0 aromatic heterocycles. The van der Waals surface area contributed by atoms with Gasteiger partial charge in [-0.05, 0) is 0 Å². The van der Waals surface area contributed by atoms with E-state index in [0.29, 0.717) is 6.54 Å². The SMILES string of the molecule is C=CC/N=C\SC(=C)NNC. The van der Waals surface area contributed by atoms with Gasteiger partial charge in [-0.2, -0.15) is 0 Å². The molecule has 0 aliphatic rings. The maximum Gasteiger partial charge on any atom is 0.0808 e. The first-order chi connectivity index (χ1) is 5.31. The van der Waals surface area contributed by atoms with Crippen molar-refractivity contribution < 1.29 is 0 Å². The van der Waals surface area contributed by atoms with Gasteiger partial charge in [0.05, 0.1) is 17.1 Å². The van der Waals surface area contributed by atoms with Crippen molar-refractivity contribution in [1.29, 1.82) is 0 Å². The van der Waals surface area contributed by atoms with Gasteiger partial charge in [0.25, 0.3) is 0 Å². The molecule has 0 aromatic carbocycles. The first kappa shape index (κ1) is 10.3. The topological polar surface area (TPSA) is 36.4 Å². The zero-order valence-corrected chi connectivity index (χ0v) is 7.45. The first-order valence-electron chi connectivity index (χ1n) is 3.18. The third kappa shape index (κ3) is 7.15. The normalized spacial score (nSPS) is 9.91. The maximum absolute atomic E-state index is 4.00. The van der Waals surface area contributed by atoms with Crippen molar-refractivity contribution in [3.05, 3.63) is 24.3 Å². The molecule has 0 unspecified atom stereocenters.